The lowest BCUT2D eigenvalue weighted by atomic mass is 9.53. The average Bonchev–Trinajstić information content (AvgIpc) is 0.743. The van der Waals surface area contributed by atoms with Gasteiger partial charge in [-0.3, -0.25) is 53.5 Å². The first-order chi connectivity index (χ1) is 59.6. The first-order valence-corrected chi connectivity index (χ1v) is 44.0. The summed E-state index contributed by atoms with van der Waals surface area (Å²) in [5.74, 6) is 4.26. The molecule has 3 aliphatic rings. The van der Waals surface area contributed by atoms with E-state index >= 15 is 0 Å². The van der Waals surface area contributed by atoms with E-state index in [4.69, 9.17) is 52.1 Å². The highest BCUT2D eigenvalue weighted by atomic mass is 16.5. The van der Waals surface area contributed by atoms with Gasteiger partial charge in [0.1, 0.15) is 89.1 Å². The van der Waals surface area contributed by atoms with E-state index in [0.29, 0.717) is 95.8 Å². The van der Waals surface area contributed by atoms with E-state index in [0.717, 1.165) is 108 Å². The molecule has 0 atom stereocenters. The highest BCUT2D eigenvalue weighted by Gasteiger charge is 2.54. The van der Waals surface area contributed by atoms with Crippen molar-refractivity contribution in [1.82, 2.24) is 24.8 Å². The van der Waals surface area contributed by atoms with Crippen LogP contribution in [0, 0.1) is 40.9 Å². The summed E-state index contributed by atoms with van der Waals surface area (Å²) in [6.07, 6.45) is 16.4. The van der Waals surface area contributed by atoms with Crippen LogP contribution in [0.15, 0.2) is 201 Å². The Balaban J connectivity index is 0.000000231. The quantitative estimate of drug-likeness (QED) is 0.0322. The van der Waals surface area contributed by atoms with Gasteiger partial charge in [-0.1, -0.05) is 174 Å². The SMILES string of the molecule is CC(C)C(=O)COCCN1CCN(C(C)C)CC1.CC(C)C(=O)COCCOc1ccc(-c2ccccc2)cc1.CC(C)C(=O)COCCOc1ccc(-c2cccnc2)cc1.CC(C)C(=O)COCCOc1ccc(-c2cccnc2)cc1.CC(C)C(=O)COCCOc1ccc(-c2ccncc2)cc1.CC(C)OC1CC2(CC(OCC(=O)C(C)C)C2)C1. The van der Waals surface area contributed by atoms with Crippen molar-refractivity contribution in [3.8, 4) is 67.5 Å². The molecule has 124 heavy (non-hydrogen) atoms. The minimum Gasteiger partial charge on any atom is -0.491 e. The molecule has 0 bridgehead atoms. The number of pyridine rings is 3. The zero-order valence-electron chi connectivity index (χ0n) is 76.5. The van der Waals surface area contributed by atoms with E-state index in [1.807, 2.05) is 247 Å². The van der Waals surface area contributed by atoms with Gasteiger partial charge < -0.3 is 52.1 Å². The summed E-state index contributed by atoms with van der Waals surface area (Å²) in [7, 11) is 0. The molecule has 0 unspecified atom stereocenters. The van der Waals surface area contributed by atoms with Crippen molar-refractivity contribution in [2.45, 2.75) is 161 Å². The number of aromatic nitrogens is 3. The van der Waals surface area contributed by atoms with Crippen molar-refractivity contribution >= 4 is 34.7 Å². The van der Waals surface area contributed by atoms with Crippen molar-refractivity contribution in [1.29, 1.82) is 0 Å². The first-order valence-electron chi connectivity index (χ1n) is 44.0. The lowest BCUT2D eigenvalue weighted by molar-refractivity contribution is -0.185. The second kappa shape index (κ2) is 57.8. The van der Waals surface area contributed by atoms with Crippen LogP contribution in [0.4, 0.5) is 0 Å². The molecule has 8 aromatic rings. The molecular weight excluding hydrogens is 1570 g/mol. The maximum atomic E-state index is 11.5. The smallest absolute Gasteiger partial charge is 0.160 e. The van der Waals surface area contributed by atoms with Gasteiger partial charge in [-0.15, -0.1) is 0 Å². The van der Waals surface area contributed by atoms with Crippen molar-refractivity contribution in [2.75, 3.05) is 132 Å². The second-order valence-corrected chi connectivity index (χ2v) is 33.6. The molecule has 674 valence electrons. The molecule has 5 aromatic carbocycles. The minimum absolute atomic E-state index is 0.0148. The largest absolute Gasteiger partial charge is 0.491 e. The molecular formula is C102H139N5O17. The van der Waals surface area contributed by atoms with Gasteiger partial charge in [0.25, 0.3) is 0 Å². The second-order valence-electron chi connectivity index (χ2n) is 33.6. The van der Waals surface area contributed by atoms with Gasteiger partial charge in [0.15, 0.2) is 34.7 Å². The molecule has 11 rings (SSSR count). The van der Waals surface area contributed by atoms with Crippen LogP contribution < -0.4 is 18.9 Å². The van der Waals surface area contributed by atoms with E-state index in [-0.39, 0.29) is 103 Å². The molecule has 22 nitrogen and oxygen atoms in total. The summed E-state index contributed by atoms with van der Waals surface area (Å²) < 4.78 is 60.4. The highest BCUT2D eigenvalue weighted by molar-refractivity contribution is 5.83. The molecule has 2 saturated carbocycles. The average molecular weight is 1710 g/mol. The summed E-state index contributed by atoms with van der Waals surface area (Å²) >= 11 is 0. The number of rotatable bonds is 45. The van der Waals surface area contributed by atoms with Crippen LogP contribution in [0.5, 0.6) is 23.0 Å². The predicted molar refractivity (Wildman–Crippen MR) is 490 cm³/mol. The van der Waals surface area contributed by atoms with Crippen LogP contribution in [0.2, 0.25) is 0 Å². The zero-order chi connectivity index (χ0) is 90.0. The number of hydrogen-bond donors (Lipinski definition) is 0. The summed E-state index contributed by atoms with van der Waals surface area (Å²) in [4.78, 5) is 85.5. The Bertz CT molecular complexity index is 3810. The van der Waals surface area contributed by atoms with Gasteiger partial charge in [0.2, 0.25) is 0 Å². The van der Waals surface area contributed by atoms with Gasteiger partial charge >= 0.3 is 0 Å². The fraction of sp³-hybridized carbons (Fsp3) is 0.500. The van der Waals surface area contributed by atoms with Crippen LogP contribution in [-0.4, -0.2) is 216 Å². The normalized spacial score (nSPS) is 15.4. The number of ether oxygens (including phenoxy) is 11. The molecule has 0 N–H and O–H groups in total. The monoisotopic (exact) mass is 1710 g/mol. The number of ketones is 6. The summed E-state index contributed by atoms with van der Waals surface area (Å²) in [6, 6.07) is 54.1. The fourth-order valence-electron chi connectivity index (χ4n) is 12.6. The Hall–Kier alpha value is -9.59. The number of benzene rings is 5. The molecule has 2 aliphatic carbocycles. The lowest BCUT2D eigenvalue weighted by Crippen LogP contribution is -2.54. The first kappa shape index (κ1) is 103. The van der Waals surface area contributed by atoms with Gasteiger partial charge in [0, 0.05) is 111 Å². The van der Waals surface area contributed by atoms with E-state index in [9.17, 15) is 28.8 Å². The molecule has 3 fully saturated rings. The van der Waals surface area contributed by atoms with Crippen LogP contribution >= 0.6 is 0 Å². The third-order valence-corrected chi connectivity index (χ3v) is 20.9. The molecule has 3 aromatic heterocycles. The number of carbonyl (C=O) groups is 6. The summed E-state index contributed by atoms with van der Waals surface area (Å²) in [5.41, 5.74) is 9.42. The molecule has 4 heterocycles. The highest BCUT2D eigenvalue weighted by Crippen LogP contribution is 2.58. The van der Waals surface area contributed by atoms with Crippen molar-refractivity contribution < 1.29 is 80.9 Å². The maximum absolute atomic E-state index is 11.5. The molecule has 1 saturated heterocycles. The van der Waals surface area contributed by atoms with Crippen molar-refractivity contribution in [3.63, 3.8) is 0 Å². The maximum Gasteiger partial charge on any atom is 0.160 e. The molecule has 1 aliphatic heterocycles. The molecule has 0 radical (unpaired) electrons. The predicted octanol–water partition coefficient (Wildman–Crippen LogP) is 18.3. The van der Waals surface area contributed by atoms with Gasteiger partial charge in [-0.25, -0.2) is 0 Å². The number of piperazine rings is 1. The molecule has 1 spiro atoms. The zero-order valence-corrected chi connectivity index (χ0v) is 76.5. The van der Waals surface area contributed by atoms with Gasteiger partial charge in [-0.2, -0.15) is 0 Å². The third kappa shape index (κ3) is 41.0. The van der Waals surface area contributed by atoms with Crippen molar-refractivity contribution in [3.05, 3.63) is 201 Å². The molecule has 22 heteroatoms. The van der Waals surface area contributed by atoms with Gasteiger partial charge in [0.05, 0.1) is 51.3 Å². The standard InChI is InChI=1S/C19H22O3.3C18H21NO3.C15H26O3.C14H28N2O2/c1-15(2)19(20)14-21-12-13-22-18-10-8-17(9-11-18)16-6-4-3-5-7-16;1-14(2)18(20)13-21-11-12-22-17-5-3-15(4-6-17)16-7-9-19-10-8-16;2*1-14(2)18(20)13-21-10-11-22-17-7-5-15(6-8-17)16-4-3-9-19-12-16;1-10(2)14(16)9-17-12-5-15(6-12)7-13(8-15)18-11(3)4;1-12(2)14(17)11-18-10-9-15-5-7-16(8-6-15)13(3)4/h3-11,15H,12-14H2,1-2H3;3-10,14H,11-13H2,1-2H3;2*3-9,12,14H,10-11,13H2,1-2H3;10-13H,5-9H2,1-4H3;12-13H,5-11H2,1-4H3. The van der Waals surface area contributed by atoms with E-state index in [1.165, 1.54) is 18.4 Å². The minimum atomic E-state index is 0.0148. The van der Waals surface area contributed by atoms with Crippen LogP contribution in [0.25, 0.3) is 44.5 Å². The topological polar surface area (TPSA) is 249 Å². The molecule has 0 amide bonds. The number of carbonyl (C=O) groups excluding carboxylic acids is 6. The van der Waals surface area contributed by atoms with Gasteiger partial charge in [-0.05, 0) is 176 Å². The third-order valence-electron chi connectivity index (χ3n) is 20.9. The van der Waals surface area contributed by atoms with Crippen molar-refractivity contribution in [2.24, 2.45) is 40.9 Å². The summed E-state index contributed by atoms with van der Waals surface area (Å²) in [5, 5.41) is 0. The Morgan fingerprint density at radius 2 is 0.613 bits per heavy atom. The summed E-state index contributed by atoms with van der Waals surface area (Å²) in [6.45, 7) is 42.0. The van der Waals surface area contributed by atoms with E-state index in [1.54, 1.807) is 24.8 Å². The Morgan fingerprint density at radius 1 is 0.315 bits per heavy atom. The lowest BCUT2D eigenvalue weighted by Gasteiger charge is -2.57. The van der Waals surface area contributed by atoms with Crippen LogP contribution in [0.1, 0.15) is 136 Å². The number of Topliss-reactive ketones (excluding diaryl/α,β-unsaturated/α-hetero) is 6. The fourth-order valence-corrected chi connectivity index (χ4v) is 12.6. The Kier molecular flexibility index (Phi) is 48.1. The number of hydrogen-bond acceptors (Lipinski definition) is 22. The number of nitrogens with zero attached hydrogens (tertiary/aromatic N) is 5. The van der Waals surface area contributed by atoms with E-state index in [2.05, 4.69) is 64.6 Å². The van der Waals surface area contributed by atoms with Crippen LogP contribution in [0.3, 0.4) is 0 Å². The Labute approximate surface area is 738 Å². The van der Waals surface area contributed by atoms with Crippen LogP contribution in [-0.2, 0) is 61.9 Å². The Morgan fingerprint density at radius 3 is 0.927 bits per heavy atom. The van der Waals surface area contributed by atoms with E-state index < -0.39 is 0 Å².